The molecule has 0 aromatic heterocycles. The number of aryl methyl sites for hydroxylation is 2. The van der Waals surface area contributed by atoms with Crippen LogP contribution in [0.2, 0.25) is 11.5 Å². The van der Waals surface area contributed by atoms with Crippen molar-refractivity contribution in [2.45, 2.75) is 65.9 Å². The van der Waals surface area contributed by atoms with Crippen LogP contribution in [0.5, 0.6) is 0 Å². The van der Waals surface area contributed by atoms with E-state index in [-0.39, 0.29) is 24.8 Å². The minimum atomic E-state index is -2.16. The normalized spacial score (nSPS) is 18.8. The molecule has 0 N–H and O–H groups in total. The van der Waals surface area contributed by atoms with E-state index in [1.54, 1.807) is 11.1 Å². The molecule has 0 radical (unpaired) electrons. The second kappa shape index (κ2) is 13.5. The van der Waals surface area contributed by atoms with E-state index in [1.165, 1.54) is 33.4 Å². The van der Waals surface area contributed by atoms with Gasteiger partial charge in [0.15, 0.2) is 0 Å². The Balaban J connectivity index is 0.00000228. The Morgan fingerprint density at radius 1 is 0.694 bits per heavy atom. The predicted molar refractivity (Wildman–Crippen MR) is 149 cm³/mol. The number of hydrogen-bond acceptors (Lipinski definition) is 0. The van der Waals surface area contributed by atoms with Crippen molar-refractivity contribution < 1.29 is 43.2 Å². The van der Waals surface area contributed by atoms with Crippen molar-refractivity contribution >= 4 is 21.2 Å². The summed E-state index contributed by atoms with van der Waals surface area (Å²) in [7, 11) is -1.10. The quantitative estimate of drug-likeness (QED) is 0.400. The monoisotopic (exact) mass is 748 g/mol. The van der Waals surface area contributed by atoms with Crippen molar-refractivity contribution in [1.82, 2.24) is 0 Å². The molecule has 0 saturated heterocycles. The Hall–Kier alpha value is -0.607. The minimum absolute atomic E-state index is 0. The van der Waals surface area contributed by atoms with E-state index < -0.39 is 28.4 Å². The third-order valence-electron chi connectivity index (χ3n) is 7.69. The van der Waals surface area contributed by atoms with Gasteiger partial charge in [-0.25, -0.2) is 0 Å². The molecular formula is C32H40Cl2GeHf. The van der Waals surface area contributed by atoms with Crippen LogP contribution in [0.1, 0.15) is 63.8 Å². The van der Waals surface area contributed by atoms with Crippen LogP contribution in [0, 0.1) is 11.8 Å². The van der Waals surface area contributed by atoms with Crippen LogP contribution in [-0.2, 0) is 31.2 Å². The van der Waals surface area contributed by atoms with Gasteiger partial charge >= 0.3 is 218 Å². The fourth-order valence-electron chi connectivity index (χ4n) is 5.95. The number of benzene rings is 2. The van der Waals surface area contributed by atoms with Gasteiger partial charge < -0.3 is 24.8 Å². The van der Waals surface area contributed by atoms with Gasteiger partial charge in [-0.1, -0.05) is 0 Å². The van der Waals surface area contributed by atoms with E-state index in [0.717, 1.165) is 12.8 Å². The molecule has 190 valence electrons. The van der Waals surface area contributed by atoms with Crippen molar-refractivity contribution in [3.63, 3.8) is 0 Å². The van der Waals surface area contributed by atoms with Crippen molar-refractivity contribution in [3.8, 4) is 0 Å². The summed E-state index contributed by atoms with van der Waals surface area (Å²) in [6.07, 6.45) is 7.40. The van der Waals surface area contributed by atoms with E-state index in [9.17, 15) is 0 Å². The molecule has 0 saturated carbocycles. The molecule has 0 spiro atoms. The predicted octanol–water partition coefficient (Wildman–Crippen LogP) is 3.00. The van der Waals surface area contributed by atoms with Gasteiger partial charge in [0, 0.05) is 0 Å². The Morgan fingerprint density at radius 2 is 1.08 bits per heavy atom. The van der Waals surface area contributed by atoms with Crippen LogP contribution in [0.25, 0.3) is 11.1 Å². The van der Waals surface area contributed by atoms with Crippen molar-refractivity contribution in [1.29, 1.82) is 0 Å². The summed E-state index contributed by atoms with van der Waals surface area (Å²) in [4.78, 5) is 0. The molecule has 36 heavy (non-hydrogen) atoms. The standard InChI is InChI=1S/2C15H17.C2H6Ge.2ClH.Hf/c2*1-4-13-6-5-7-14(10-13)15-9-11(2)8-12(15)3;1-3-2;;;/h2*5-7,9-11H,4H2,1-3H3;1-2H3;2*1H;/q;;;;;+2/p-2. The van der Waals surface area contributed by atoms with Crippen molar-refractivity contribution in [3.05, 3.63) is 101 Å². The molecule has 0 fully saturated rings. The summed E-state index contributed by atoms with van der Waals surface area (Å²) < 4.78 is 3.83. The fraction of sp³-hybridized carbons (Fsp3) is 0.375. The molecule has 2 aromatic carbocycles. The van der Waals surface area contributed by atoms with Crippen LogP contribution < -0.4 is 24.8 Å². The topological polar surface area (TPSA) is 0 Å². The first-order valence-electron chi connectivity index (χ1n) is 13.0. The summed E-state index contributed by atoms with van der Waals surface area (Å²) >= 11 is -2.16. The molecule has 2 unspecified atom stereocenters. The Morgan fingerprint density at radius 3 is 1.42 bits per heavy atom. The maximum Gasteiger partial charge on any atom is -1.00 e. The number of hydrogen-bond donors (Lipinski definition) is 0. The Kier molecular flexibility index (Phi) is 11.8. The molecule has 4 heteroatoms. The van der Waals surface area contributed by atoms with Gasteiger partial charge in [-0.15, -0.1) is 0 Å². The van der Waals surface area contributed by atoms with Gasteiger partial charge in [0.25, 0.3) is 0 Å². The van der Waals surface area contributed by atoms with Crippen molar-refractivity contribution in [2.24, 2.45) is 11.8 Å². The van der Waals surface area contributed by atoms with Crippen LogP contribution in [-0.4, -0.2) is 10.1 Å². The van der Waals surface area contributed by atoms with Crippen molar-refractivity contribution in [2.75, 3.05) is 0 Å². The summed E-state index contributed by atoms with van der Waals surface area (Å²) in [5.41, 5.74) is 12.0. The third kappa shape index (κ3) is 6.16. The van der Waals surface area contributed by atoms with Gasteiger partial charge in [0.05, 0.1) is 0 Å². The Bertz CT molecular complexity index is 1200. The molecule has 2 atom stereocenters. The van der Waals surface area contributed by atoms with E-state index in [4.69, 9.17) is 0 Å². The maximum atomic E-state index is 2.67. The van der Waals surface area contributed by atoms with E-state index >= 15 is 0 Å². The zero-order chi connectivity index (χ0) is 24.6. The zero-order valence-corrected chi connectivity index (χ0v) is 30.3. The first kappa shape index (κ1) is 31.6. The summed E-state index contributed by atoms with van der Waals surface area (Å²) in [5, 5.41) is 0. The Labute approximate surface area is 240 Å². The molecule has 0 heterocycles. The number of halogens is 2. The fourth-order valence-corrected chi connectivity index (χ4v) is 51.2. The first-order chi connectivity index (χ1) is 16.3. The number of allylic oxidation sites excluding steroid dienone is 8. The second-order valence-corrected chi connectivity index (χ2v) is 48.3. The SMILES string of the molecule is CCc1cccc(C2=CC(C)[C]([Hf+2]([C]3=C(C)C(c4cccc(CC)c4)=CC3C)=[Ge]([CH3])[CH3])=C2C)c1.[Cl-].[Cl-]. The molecule has 2 aromatic rings. The average molecular weight is 747 g/mol. The van der Waals surface area contributed by atoms with E-state index in [0.29, 0.717) is 11.8 Å². The zero-order valence-electron chi connectivity index (χ0n) is 23.1. The average Bonchev–Trinajstić information content (AvgIpc) is 3.29. The second-order valence-electron chi connectivity index (χ2n) is 10.3. The summed E-state index contributed by atoms with van der Waals surface area (Å²) in [5.74, 6) is 6.55. The van der Waals surface area contributed by atoms with Gasteiger partial charge in [0.2, 0.25) is 0 Å². The number of rotatable bonds is 6. The van der Waals surface area contributed by atoms with E-state index in [1.807, 2.05) is 6.66 Å². The maximum absolute atomic E-state index is 2.67. The van der Waals surface area contributed by atoms with Crippen LogP contribution >= 0.6 is 0 Å². The smallest absolute Gasteiger partial charge is 1.00 e. The molecule has 0 bridgehead atoms. The van der Waals surface area contributed by atoms with Crippen LogP contribution in [0.3, 0.4) is 0 Å². The third-order valence-corrected chi connectivity index (χ3v) is 47.5. The largest absolute Gasteiger partial charge is 1.00 e. The molecule has 4 rings (SSSR count). The van der Waals surface area contributed by atoms with Crippen LogP contribution in [0.4, 0.5) is 0 Å². The summed E-state index contributed by atoms with van der Waals surface area (Å²) in [6.45, 7) is 14.4. The van der Waals surface area contributed by atoms with Gasteiger partial charge in [-0.05, 0) is 0 Å². The van der Waals surface area contributed by atoms with Gasteiger partial charge in [0.1, 0.15) is 0 Å². The molecule has 2 aliphatic carbocycles. The molecule has 0 aliphatic heterocycles. The van der Waals surface area contributed by atoms with Gasteiger partial charge in [-0.2, -0.15) is 0 Å². The summed E-state index contributed by atoms with van der Waals surface area (Å²) in [6, 6.07) is 18.5. The molecule has 0 nitrogen and oxygen atoms in total. The minimum Gasteiger partial charge on any atom is -1.00 e. The molecular weight excluding hydrogens is 706 g/mol. The molecule has 0 amide bonds. The van der Waals surface area contributed by atoms with Gasteiger partial charge in [-0.3, -0.25) is 0 Å². The first-order valence-corrected chi connectivity index (χ1v) is 31.2. The molecule has 2 aliphatic rings. The van der Waals surface area contributed by atoms with E-state index in [2.05, 4.69) is 114 Å². The van der Waals surface area contributed by atoms with Crippen LogP contribution in [0.15, 0.2) is 78.5 Å².